The van der Waals surface area contributed by atoms with Crippen molar-refractivity contribution in [2.24, 2.45) is 29.6 Å². The lowest BCUT2D eigenvalue weighted by Crippen LogP contribution is -2.57. The number of fused-ring (bicyclic) bond motifs is 5. The smallest absolute Gasteiger partial charge is 0.0448 e. The van der Waals surface area contributed by atoms with Crippen molar-refractivity contribution >= 4 is 11.3 Å². The van der Waals surface area contributed by atoms with Gasteiger partial charge in [-0.3, -0.25) is 0 Å². The molecule has 120 valence electrons. The molecule has 3 aliphatic carbocycles. The molecule has 7 atom stereocenters. The van der Waals surface area contributed by atoms with Crippen LogP contribution in [0.15, 0.2) is 17.5 Å². The van der Waals surface area contributed by atoms with Gasteiger partial charge in [0.2, 0.25) is 0 Å². The van der Waals surface area contributed by atoms with Gasteiger partial charge in [-0.2, -0.15) is 0 Å². The highest BCUT2D eigenvalue weighted by Crippen LogP contribution is 2.57. The Balaban J connectivity index is 1.46. The third kappa shape index (κ3) is 2.13. The van der Waals surface area contributed by atoms with E-state index in [1.807, 2.05) is 11.3 Å². The summed E-state index contributed by atoms with van der Waals surface area (Å²) in [6, 6.07) is 6.12. The second kappa shape index (κ2) is 5.63. The summed E-state index contributed by atoms with van der Waals surface area (Å²) in [5.41, 5.74) is 0. The first-order chi connectivity index (χ1) is 10.9. The predicted octanol–water partition coefficient (Wildman–Crippen LogP) is 5.39. The Hall–Kier alpha value is -0.340. The highest BCUT2D eigenvalue weighted by molar-refractivity contribution is 7.10. The normalized spacial score (nSPS) is 47.5. The zero-order valence-corrected chi connectivity index (χ0v) is 14.4. The molecule has 4 aliphatic rings. The molecule has 0 spiro atoms. The summed E-state index contributed by atoms with van der Waals surface area (Å²) in [5.74, 6) is 5.12. The monoisotopic (exact) mass is 315 g/mol. The third-order valence-electron chi connectivity index (χ3n) is 7.57. The highest BCUT2D eigenvalue weighted by Gasteiger charge is 2.52. The Labute approximate surface area is 138 Å². The van der Waals surface area contributed by atoms with Crippen LogP contribution in [0.3, 0.4) is 0 Å². The van der Waals surface area contributed by atoms with E-state index in [0.717, 1.165) is 35.6 Å². The van der Waals surface area contributed by atoms with Crippen LogP contribution < -0.4 is 5.32 Å². The summed E-state index contributed by atoms with van der Waals surface area (Å²) in [6.45, 7) is 0. The molecule has 2 heteroatoms. The van der Waals surface area contributed by atoms with E-state index >= 15 is 0 Å². The largest absolute Gasteiger partial charge is 0.306 e. The minimum absolute atomic E-state index is 0.675. The minimum atomic E-state index is 0.675. The molecule has 1 aliphatic heterocycles. The number of hydrogen-bond acceptors (Lipinski definition) is 2. The molecule has 7 unspecified atom stereocenters. The Morgan fingerprint density at radius 1 is 0.864 bits per heavy atom. The van der Waals surface area contributed by atoms with E-state index in [9.17, 15) is 0 Å². The quantitative estimate of drug-likeness (QED) is 0.732. The Kier molecular flexibility index (Phi) is 3.59. The SMILES string of the molecule is c1csc(C2NC3CCC4CCCCC4C3C3CCCC23)c1. The van der Waals surface area contributed by atoms with Crippen molar-refractivity contribution < 1.29 is 0 Å². The molecule has 1 N–H and O–H groups in total. The molecule has 22 heavy (non-hydrogen) atoms. The molecular formula is C20H29NS. The van der Waals surface area contributed by atoms with Crippen LogP contribution in [0.25, 0.3) is 0 Å². The van der Waals surface area contributed by atoms with E-state index in [1.54, 1.807) is 17.7 Å². The first-order valence-electron chi connectivity index (χ1n) is 9.71. The van der Waals surface area contributed by atoms with Crippen LogP contribution in [-0.4, -0.2) is 6.04 Å². The summed E-state index contributed by atoms with van der Waals surface area (Å²) in [5, 5.41) is 6.44. The van der Waals surface area contributed by atoms with Crippen molar-refractivity contribution in [1.29, 1.82) is 0 Å². The van der Waals surface area contributed by atoms with Gasteiger partial charge >= 0.3 is 0 Å². The minimum Gasteiger partial charge on any atom is -0.306 e. The van der Waals surface area contributed by atoms with Crippen molar-refractivity contribution in [3.8, 4) is 0 Å². The lowest BCUT2D eigenvalue weighted by molar-refractivity contribution is -0.0197. The molecule has 0 radical (unpaired) electrons. The third-order valence-corrected chi connectivity index (χ3v) is 8.52. The Bertz CT molecular complexity index is 510. The summed E-state index contributed by atoms with van der Waals surface area (Å²) in [4.78, 5) is 1.61. The first-order valence-corrected chi connectivity index (χ1v) is 10.6. The molecular weight excluding hydrogens is 286 g/mol. The summed E-state index contributed by atoms with van der Waals surface area (Å²) < 4.78 is 0. The Morgan fingerprint density at radius 2 is 1.73 bits per heavy atom. The fourth-order valence-corrected chi connectivity index (χ4v) is 7.68. The average Bonchev–Trinajstić information content (AvgIpc) is 3.25. The number of nitrogens with one attached hydrogen (secondary N) is 1. The van der Waals surface area contributed by atoms with E-state index in [0.29, 0.717) is 6.04 Å². The van der Waals surface area contributed by atoms with Crippen LogP contribution in [0.2, 0.25) is 0 Å². The predicted molar refractivity (Wildman–Crippen MR) is 93.0 cm³/mol. The number of rotatable bonds is 1. The van der Waals surface area contributed by atoms with Gasteiger partial charge in [-0.1, -0.05) is 31.7 Å². The second-order valence-corrected chi connectivity index (χ2v) is 9.37. The highest BCUT2D eigenvalue weighted by atomic mass is 32.1. The maximum Gasteiger partial charge on any atom is 0.0448 e. The van der Waals surface area contributed by atoms with E-state index in [4.69, 9.17) is 0 Å². The molecule has 1 aromatic heterocycles. The van der Waals surface area contributed by atoms with Crippen LogP contribution >= 0.6 is 11.3 Å². The van der Waals surface area contributed by atoms with Gasteiger partial charge in [0.15, 0.2) is 0 Å². The summed E-state index contributed by atoms with van der Waals surface area (Å²) >= 11 is 1.98. The maximum atomic E-state index is 4.17. The van der Waals surface area contributed by atoms with Crippen LogP contribution in [0, 0.1) is 29.6 Å². The molecule has 0 amide bonds. The molecule has 3 saturated carbocycles. The van der Waals surface area contributed by atoms with E-state index < -0.39 is 0 Å². The van der Waals surface area contributed by atoms with Crippen LogP contribution in [-0.2, 0) is 0 Å². The molecule has 0 bridgehead atoms. The summed E-state index contributed by atoms with van der Waals surface area (Å²) in [7, 11) is 0. The van der Waals surface area contributed by atoms with Crippen molar-refractivity contribution in [1.82, 2.24) is 5.32 Å². The Morgan fingerprint density at radius 3 is 2.64 bits per heavy atom. The zero-order valence-electron chi connectivity index (χ0n) is 13.5. The molecule has 0 aromatic carbocycles. The number of hydrogen-bond donors (Lipinski definition) is 1. The average molecular weight is 316 g/mol. The van der Waals surface area contributed by atoms with Gasteiger partial charge in [-0.25, -0.2) is 0 Å². The van der Waals surface area contributed by atoms with Gasteiger partial charge in [0.1, 0.15) is 0 Å². The molecule has 1 nitrogen and oxygen atoms in total. The van der Waals surface area contributed by atoms with Crippen molar-refractivity contribution in [3.63, 3.8) is 0 Å². The fourth-order valence-electron chi connectivity index (χ4n) is 6.82. The maximum absolute atomic E-state index is 4.17. The van der Waals surface area contributed by atoms with Crippen molar-refractivity contribution in [2.75, 3.05) is 0 Å². The lowest BCUT2D eigenvalue weighted by Gasteiger charge is -2.54. The molecule has 1 aromatic rings. The van der Waals surface area contributed by atoms with E-state index in [-0.39, 0.29) is 0 Å². The molecule has 4 fully saturated rings. The standard InChI is InChI=1S/C20H29NS/c1-2-6-14-13(5-1)10-11-17-19(14)15-7-3-8-16(15)20(21-17)18-9-4-12-22-18/h4,9,12-17,19-21H,1-3,5-8,10-11H2. The number of thiophene rings is 1. The number of piperidine rings is 1. The van der Waals surface area contributed by atoms with Crippen LogP contribution in [0.4, 0.5) is 0 Å². The fraction of sp³-hybridized carbons (Fsp3) is 0.800. The van der Waals surface area contributed by atoms with Gasteiger partial charge < -0.3 is 5.32 Å². The van der Waals surface area contributed by atoms with Crippen molar-refractivity contribution in [2.45, 2.75) is 69.9 Å². The zero-order chi connectivity index (χ0) is 14.5. The lowest BCUT2D eigenvalue weighted by atomic mass is 9.56. The second-order valence-electron chi connectivity index (χ2n) is 8.39. The molecule has 2 heterocycles. The molecule has 5 rings (SSSR count). The van der Waals surface area contributed by atoms with Crippen LogP contribution in [0.1, 0.15) is 68.7 Å². The van der Waals surface area contributed by atoms with Gasteiger partial charge in [0, 0.05) is 17.0 Å². The van der Waals surface area contributed by atoms with Crippen molar-refractivity contribution in [3.05, 3.63) is 22.4 Å². The van der Waals surface area contributed by atoms with E-state index in [1.165, 1.54) is 44.9 Å². The van der Waals surface area contributed by atoms with Gasteiger partial charge in [0.05, 0.1) is 0 Å². The van der Waals surface area contributed by atoms with Gasteiger partial charge in [-0.05, 0) is 73.1 Å². The van der Waals surface area contributed by atoms with Crippen LogP contribution in [0.5, 0.6) is 0 Å². The topological polar surface area (TPSA) is 12.0 Å². The summed E-state index contributed by atoms with van der Waals surface area (Å²) in [6.07, 6.45) is 13.6. The van der Waals surface area contributed by atoms with Gasteiger partial charge in [-0.15, -0.1) is 11.3 Å². The first kappa shape index (κ1) is 14.0. The van der Waals surface area contributed by atoms with E-state index in [2.05, 4.69) is 22.8 Å². The molecule has 1 saturated heterocycles. The van der Waals surface area contributed by atoms with Gasteiger partial charge in [0.25, 0.3) is 0 Å².